The van der Waals surface area contributed by atoms with E-state index in [1.54, 1.807) is 19.1 Å². The number of amides is 1. The van der Waals surface area contributed by atoms with Crippen LogP contribution >= 0.6 is 0 Å². The maximum absolute atomic E-state index is 12.6. The molecule has 0 bridgehead atoms. The lowest BCUT2D eigenvalue weighted by Gasteiger charge is -2.26. The SMILES string of the molecule is Cc1ccc(S(=O)(=O)Nc2ccc(C(=O)NC3CCC(C)CC3)cc2)cc1[N+](=O)[O-]. The largest absolute Gasteiger partial charge is 0.349 e. The predicted octanol–water partition coefficient (Wildman–Crippen LogP) is 4.01. The zero-order valence-electron chi connectivity index (χ0n) is 16.9. The topological polar surface area (TPSA) is 118 Å². The van der Waals surface area contributed by atoms with Crippen molar-refractivity contribution in [3.05, 3.63) is 63.7 Å². The van der Waals surface area contributed by atoms with Crippen molar-refractivity contribution < 1.29 is 18.1 Å². The van der Waals surface area contributed by atoms with Crippen molar-refractivity contribution in [2.45, 2.75) is 50.5 Å². The summed E-state index contributed by atoms with van der Waals surface area (Å²) < 4.78 is 27.6. The minimum Gasteiger partial charge on any atom is -0.349 e. The number of carbonyl (C=O) groups excluding carboxylic acids is 1. The number of nitro benzene ring substituents is 1. The van der Waals surface area contributed by atoms with Gasteiger partial charge in [-0.25, -0.2) is 8.42 Å². The van der Waals surface area contributed by atoms with Crippen LogP contribution in [0.25, 0.3) is 0 Å². The lowest BCUT2D eigenvalue weighted by molar-refractivity contribution is -0.385. The van der Waals surface area contributed by atoms with E-state index in [2.05, 4.69) is 17.0 Å². The molecular formula is C21H25N3O5S. The molecule has 0 aromatic heterocycles. The molecule has 0 spiro atoms. The van der Waals surface area contributed by atoms with E-state index in [9.17, 15) is 23.3 Å². The van der Waals surface area contributed by atoms with Gasteiger partial charge in [0.2, 0.25) is 0 Å². The molecule has 0 heterocycles. The van der Waals surface area contributed by atoms with Crippen molar-refractivity contribution in [1.29, 1.82) is 0 Å². The van der Waals surface area contributed by atoms with Gasteiger partial charge in [-0.2, -0.15) is 0 Å². The van der Waals surface area contributed by atoms with Gasteiger partial charge in [0.1, 0.15) is 0 Å². The Morgan fingerprint density at radius 3 is 2.30 bits per heavy atom. The highest BCUT2D eigenvalue weighted by Crippen LogP contribution is 2.25. The summed E-state index contributed by atoms with van der Waals surface area (Å²) in [4.78, 5) is 22.7. The normalized spacial score (nSPS) is 19.1. The number of sulfonamides is 1. The summed E-state index contributed by atoms with van der Waals surface area (Å²) in [6, 6.07) is 10.0. The lowest BCUT2D eigenvalue weighted by atomic mass is 9.87. The van der Waals surface area contributed by atoms with Crippen molar-refractivity contribution in [1.82, 2.24) is 5.32 Å². The van der Waals surface area contributed by atoms with Crippen LogP contribution in [0.4, 0.5) is 11.4 Å². The second-order valence-corrected chi connectivity index (χ2v) is 9.50. The molecule has 2 aromatic carbocycles. The number of hydrogen-bond donors (Lipinski definition) is 2. The van der Waals surface area contributed by atoms with Gasteiger partial charge in [0.25, 0.3) is 21.6 Å². The van der Waals surface area contributed by atoms with Crippen molar-refractivity contribution >= 4 is 27.3 Å². The molecule has 160 valence electrons. The van der Waals surface area contributed by atoms with Gasteiger partial charge in [-0.15, -0.1) is 0 Å². The lowest BCUT2D eigenvalue weighted by Crippen LogP contribution is -2.37. The highest BCUT2D eigenvalue weighted by atomic mass is 32.2. The number of anilines is 1. The molecule has 0 atom stereocenters. The Bertz CT molecular complexity index is 1040. The van der Waals surface area contributed by atoms with E-state index in [4.69, 9.17) is 0 Å². The molecule has 0 radical (unpaired) electrons. The van der Waals surface area contributed by atoms with Gasteiger partial charge in [0.05, 0.1) is 9.82 Å². The Hall–Kier alpha value is -2.94. The van der Waals surface area contributed by atoms with E-state index in [0.29, 0.717) is 17.0 Å². The van der Waals surface area contributed by atoms with Crippen molar-refractivity contribution in [2.24, 2.45) is 5.92 Å². The van der Waals surface area contributed by atoms with Gasteiger partial charge < -0.3 is 5.32 Å². The van der Waals surface area contributed by atoms with E-state index in [0.717, 1.165) is 31.7 Å². The highest BCUT2D eigenvalue weighted by Gasteiger charge is 2.22. The first kappa shape index (κ1) is 21.8. The van der Waals surface area contributed by atoms with E-state index in [1.807, 2.05) is 0 Å². The summed E-state index contributed by atoms with van der Waals surface area (Å²) in [5.74, 6) is 0.513. The first-order valence-corrected chi connectivity index (χ1v) is 11.3. The van der Waals surface area contributed by atoms with Gasteiger partial charge in [-0.05, 0) is 68.9 Å². The number of nitrogens with one attached hydrogen (secondary N) is 2. The van der Waals surface area contributed by atoms with Crippen molar-refractivity contribution in [3.8, 4) is 0 Å². The summed E-state index contributed by atoms with van der Waals surface area (Å²) in [5.41, 5.74) is 0.826. The first-order chi connectivity index (χ1) is 14.2. The molecule has 1 saturated carbocycles. The number of benzene rings is 2. The molecule has 0 aliphatic heterocycles. The Morgan fingerprint density at radius 1 is 1.07 bits per heavy atom. The summed E-state index contributed by atoms with van der Waals surface area (Å²) in [7, 11) is -4.00. The zero-order chi connectivity index (χ0) is 21.9. The fraction of sp³-hybridized carbons (Fsp3) is 0.381. The van der Waals surface area contributed by atoms with E-state index >= 15 is 0 Å². The fourth-order valence-electron chi connectivity index (χ4n) is 3.53. The molecule has 9 heteroatoms. The molecular weight excluding hydrogens is 406 g/mol. The minimum absolute atomic E-state index is 0.171. The van der Waals surface area contributed by atoms with Crippen LogP contribution < -0.4 is 10.0 Å². The quantitative estimate of drug-likeness (QED) is 0.529. The Morgan fingerprint density at radius 2 is 1.70 bits per heavy atom. The molecule has 30 heavy (non-hydrogen) atoms. The third-order valence-electron chi connectivity index (χ3n) is 5.44. The molecule has 2 aromatic rings. The number of aryl methyl sites for hydroxylation is 1. The summed E-state index contributed by atoms with van der Waals surface area (Å²) in [6.07, 6.45) is 4.13. The monoisotopic (exact) mass is 431 g/mol. The highest BCUT2D eigenvalue weighted by molar-refractivity contribution is 7.92. The molecule has 1 amide bonds. The van der Waals surface area contributed by atoms with Crippen LogP contribution in [0, 0.1) is 23.0 Å². The van der Waals surface area contributed by atoms with Crippen LogP contribution in [0.2, 0.25) is 0 Å². The fourth-order valence-corrected chi connectivity index (χ4v) is 4.61. The zero-order valence-corrected chi connectivity index (χ0v) is 17.7. The number of nitro groups is 1. The molecule has 0 saturated heterocycles. The third-order valence-corrected chi connectivity index (χ3v) is 6.82. The molecule has 8 nitrogen and oxygen atoms in total. The standard InChI is InChI=1S/C21H25N3O5S/c1-14-3-8-17(9-4-14)22-21(25)16-6-10-18(11-7-16)23-30(28,29)19-12-5-15(2)20(13-19)24(26)27/h5-7,10-14,17,23H,3-4,8-9H2,1-2H3,(H,22,25). The molecule has 1 fully saturated rings. The summed E-state index contributed by atoms with van der Waals surface area (Å²) >= 11 is 0. The molecule has 1 aliphatic rings. The molecule has 0 unspecified atom stereocenters. The van der Waals surface area contributed by atoms with E-state index in [-0.39, 0.29) is 28.2 Å². The Labute approximate surface area is 175 Å². The molecule has 1 aliphatic carbocycles. The van der Waals surface area contributed by atoms with E-state index in [1.165, 1.54) is 24.3 Å². The number of carbonyl (C=O) groups is 1. The van der Waals surface area contributed by atoms with Crippen LogP contribution in [0.15, 0.2) is 47.4 Å². The second kappa shape index (κ2) is 8.83. The average molecular weight is 432 g/mol. The van der Waals surface area contributed by atoms with Crippen molar-refractivity contribution in [2.75, 3.05) is 4.72 Å². The Kier molecular flexibility index (Phi) is 6.40. The van der Waals surface area contributed by atoms with Crippen LogP contribution in [0.1, 0.15) is 48.5 Å². The van der Waals surface area contributed by atoms with Gasteiger partial charge in [0.15, 0.2) is 0 Å². The summed E-state index contributed by atoms with van der Waals surface area (Å²) in [5, 5.41) is 14.1. The number of rotatable bonds is 6. The van der Waals surface area contributed by atoms with E-state index < -0.39 is 14.9 Å². The van der Waals surface area contributed by atoms with Crippen molar-refractivity contribution in [3.63, 3.8) is 0 Å². The van der Waals surface area contributed by atoms with Crippen LogP contribution in [-0.4, -0.2) is 25.3 Å². The molecule has 3 rings (SSSR count). The van der Waals surface area contributed by atoms with Gasteiger partial charge >= 0.3 is 0 Å². The summed E-state index contributed by atoms with van der Waals surface area (Å²) in [6.45, 7) is 3.76. The van der Waals surface area contributed by atoms with Gasteiger partial charge in [-0.3, -0.25) is 19.6 Å². The van der Waals surface area contributed by atoms with Gasteiger partial charge in [-0.1, -0.05) is 13.0 Å². The first-order valence-electron chi connectivity index (χ1n) is 9.84. The van der Waals surface area contributed by atoms with Gasteiger partial charge in [0, 0.05) is 28.9 Å². The number of hydrogen-bond acceptors (Lipinski definition) is 5. The van der Waals surface area contributed by atoms with Crippen LogP contribution in [0.5, 0.6) is 0 Å². The maximum Gasteiger partial charge on any atom is 0.273 e. The predicted molar refractivity (Wildman–Crippen MR) is 114 cm³/mol. The Balaban J connectivity index is 1.68. The number of nitrogens with zero attached hydrogens (tertiary/aromatic N) is 1. The minimum atomic E-state index is -4.00. The second-order valence-electron chi connectivity index (χ2n) is 7.82. The maximum atomic E-state index is 12.6. The smallest absolute Gasteiger partial charge is 0.273 e. The van der Waals surface area contributed by atoms with Crippen LogP contribution in [0.3, 0.4) is 0 Å². The van der Waals surface area contributed by atoms with Crippen LogP contribution in [-0.2, 0) is 10.0 Å². The average Bonchev–Trinajstić information content (AvgIpc) is 2.70. The third kappa shape index (κ3) is 5.15. The molecule has 2 N–H and O–H groups in total.